The summed E-state index contributed by atoms with van der Waals surface area (Å²) < 4.78 is 10.0. The number of nitro groups is 1. The van der Waals surface area contributed by atoms with Gasteiger partial charge in [-0.25, -0.2) is 0 Å². The van der Waals surface area contributed by atoms with Crippen molar-refractivity contribution in [2.24, 2.45) is 17.8 Å². The van der Waals surface area contributed by atoms with Gasteiger partial charge in [-0.1, -0.05) is 6.42 Å². The highest BCUT2D eigenvalue weighted by Gasteiger charge is 2.41. The third-order valence-electron chi connectivity index (χ3n) is 5.40. The predicted octanol–water partition coefficient (Wildman–Crippen LogP) is 2.48. The molecule has 1 N–H and O–H groups in total. The molecule has 1 unspecified atom stereocenters. The number of esters is 1. The SMILES string of the molecule is COc1ccc(NC(=O)COC(=O)C2C[C@H]3CCC[C@@H](C2)C3=O)c([N+](=O)[O-])c1. The molecule has 1 aromatic carbocycles. The Morgan fingerprint density at radius 3 is 2.54 bits per heavy atom. The monoisotopic (exact) mass is 390 g/mol. The molecule has 2 aliphatic carbocycles. The van der Waals surface area contributed by atoms with Crippen molar-refractivity contribution in [2.45, 2.75) is 32.1 Å². The average molecular weight is 390 g/mol. The van der Waals surface area contributed by atoms with E-state index in [0.717, 1.165) is 19.3 Å². The van der Waals surface area contributed by atoms with E-state index in [2.05, 4.69) is 5.32 Å². The number of ether oxygens (including phenoxy) is 2. The summed E-state index contributed by atoms with van der Waals surface area (Å²) in [5.41, 5.74) is -0.331. The van der Waals surface area contributed by atoms with Crippen molar-refractivity contribution in [3.05, 3.63) is 28.3 Å². The fraction of sp³-hybridized carbons (Fsp3) is 0.526. The lowest BCUT2D eigenvalue weighted by Gasteiger charge is -2.36. The quantitative estimate of drug-likeness (QED) is 0.449. The van der Waals surface area contributed by atoms with Gasteiger partial charge in [-0.2, -0.15) is 0 Å². The van der Waals surface area contributed by atoms with Gasteiger partial charge in [-0.15, -0.1) is 0 Å². The first-order valence-electron chi connectivity index (χ1n) is 9.21. The highest BCUT2D eigenvalue weighted by atomic mass is 16.6. The number of fused-ring (bicyclic) bond motifs is 2. The van der Waals surface area contributed by atoms with Gasteiger partial charge < -0.3 is 14.8 Å². The van der Waals surface area contributed by atoms with Crippen LogP contribution in [0.5, 0.6) is 5.75 Å². The molecular formula is C19H22N2O7. The molecule has 0 aromatic heterocycles. The molecular weight excluding hydrogens is 368 g/mol. The summed E-state index contributed by atoms with van der Waals surface area (Å²) in [5, 5.41) is 13.5. The van der Waals surface area contributed by atoms with Crippen LogP contribution in [0, 0.1) is 27.9 Å². The van der Waals surface area contributed by atoms with Crippen LogP contribution in [0.25, 0.3) is 0 Å². The summed E-state index contributed by atoms with van der Waals surface area (Å²) in [6, 6.07) is 4.02. The molecule has 0 saturated heterocycles. The number of ketones is 1. The molecule has 3 atom stereocenters. The van der Waals surface area contributed by atoms with Gasteiger partial charge in [0.1, 0.15) is 17.2 Å². The minimum absolute atomic E-state index is 0.00959. The highest BCUT2D eigenvalue weighted by Crippen LogP contribution is 2.40. The summed E-state index contributed by atoms with van der Waals surface area (Å²) in [4.78, 5) is 47.0. The molecule has 1 amide bonds. The summed E-state index contributed by atoms with van der Waals surface area (Å²) in [6.07, 6.45) is 3.56. The zero-order valence-electron chi connectivity index (χ0n) is 15.5. The summed E-state index contributed by atoms with van der Waals surface area (Å²) in [7, 11) is 1.38. The van der Waals surface area contributed by atoms with Gasteiger partial charge in [0.05, 0.1) is 24.0 Å². The van der Waals surface area contributed by atoms with Crippen LogP contribution in [-0.4, -0.2) is 36.3 Å². The van der Waals surface area contributed by atoms with Gasteiger partial charge in [0.25, 0.3) is 11.6 Å². The van der Waals surface area contributed by atoms with E-state index in [1.165, 1.54) is 25.3 Å². The second-order valence-electron chi connectivity index (χ2n) is 7.19. The molecule has 2 bridgehead atoms. The smallest absolute Gasteiger partial charge is 0.309 e. The van der Waals surface area contributed by atoms with E-state index < -0.39 is 23.4 Å². The number of carbonyl (C=O) groups is 3. The molecule has 1 aromatic rings. The maximum Gasteiger partial charge on any atom is 0.309 e. The number of benzene rings is 1. The van der Waals surface area contributed by atoms with Crippen molar-refractivity contribution in [1.82, 2.24) is 0 Å². The summed E-state index contributed by atoms with van der Waals surface area (Å²) in [6.45, 7) is -0.540. The number of nitro benzene ring substituents is 1. The molecule has 9 heteroatoms. The van der Waals surface area contributed by atoms with Gasteiger partial charge in [-0.3, -0.25) is 24.5 Å². The third-order valence-corrected chi connectivity index (χ3v) is 5.40. The van der Waals surface area contributed by atoms with E-state index in [0.29, 0.717) is 12.8 Å². The largest absolute Gasteiger partial charge is 0.496 e. The summed E-state index contributed by atoms with van der Waals surface area (Å²) >= 11 is 0. The van der Waals surface area contributed by atoms with Crippen LogP contribution in [0.3, 0.4) is 0 Å². The Morgan fingerprint density at radius 2 is 1.93 bits per heavy atom. The van der Waals surface area contributed by atoms with Gasteiger partial charge in [0.2, 0.25) is 0 Å². The highest BCUT2D eigenvalue weighted by molar-refractivity contribution is 5.95. The average Bonchev–Trinajstić information content (AvgIpc) is 2.66. The van der Waals surface area contributed by atoms with Crippen molar-refractivity contribution in [3.63, 3.8) is 0 Å². The van der Waals surface area contributed by atoms with Crippen molar-refractivity contribution in [1.29, 1.82) is 0 Å². The van der Waals surface area contributed by atoms with Crippen LogP contribution >= 0.6 is 0 Å². The number of nitrogens with zero attached hydrogens (tertiary/aromatic N) is 1. The predicted molar refractivity (Wildman–Crippen MR) is 97.8 cm³/mol. The fourth-order valence-corrected chi connectivity index (χ4v) is 4.01. The van der Waals surface area contributed by atoms with E-state index in [1.807, 2.05) is 0 Å². The van der Waals surface area contributed by atoms with Crippen molar-refractivity contribution in [2.75, 3.05) is 19.0 Å². The molecule has 9 nitrogen and oxygen atoms in total. The van der Waals surface area contributed by atoms with Crippen LogP contribution in [0.15, 0.2) is 18.2 Å². The van der Waals surface area contributed by atoms with E-state index in [-0.39, 0.29) is 40.7 Å². The molecule has 0 heterocycles. The topological polar surface area (TPSA) is 125 Å². The molecule has 2 saturated carbocycles. The third kappa shape index (κ3) is 4.29. The number of hydrogen-bond donors (Lipinski definition) is 1. The van der Waals surface area contributed by atoms with E-state index in [9.17, 15) is 24.5 Å². The Labute approximate surface area is 161 Å². The molecule has 0 radical (unpaired) electrons. The molecule has 150 valence electrons. The molecule has 0 spiro atoms. The Hall–Kier alpha value is -2.97. The maximum absolute atomic E-state index is 12.3. The van der Waals surface area contributed by atoms with Crippen molar-refractivity contribution < 1.29 is 28.8 Å². The zero-order chi connectivity index (χ0) is 20.3. The number of hydrogen-bond acceptors (Lipinski definition) is 7. The van der Waals surface area contributed by atoms with Gasteiger partial charge in [-0.05, 0) is 37.8 Å². The molecule has 0 aliphatic heterocycles. The maximum atomic E-state index is 12.3. The number of nitrogens with one attached hydrogen (secondary N) is 1. The first kappa shape index (κ1) is 19.8. The van der Waals surface area contributed by atoms with E-state index >= 15 is 0 Å². The lowest BCUT2D eigenvalue weighted by molar-refractivity contribution is -0.384. The fourth-order valence-electron chi connectivity index (χ4n) is 4.01. The van der Waals surface area contributed by atoms with Gasteiger partial charge in [0.15, 0.2) is 6.61 Å². The molecule has 2 fully saturated rings. The number of methoxy groups -OCH3 is 1. The number of carbonyl (C=O) groups excluding carboxylic acids is 3. The van der Waals surface area contributed by atoms with Crippen LogP contribution in [0.4, 0.5) is 11.4 Å². The molecule has 2 aliphatic rings. The van der Waals surface area contributed by atoms with Gasteiger partial charge >= 0.3 is 5.97 Å². The van der Waals surface area contributed by atoms with Crippen molar-refractivity contribution in [3.8, 4) is 5.75 Å². The minimum atomic E-state index is -0.673. The van der Waals surface area contributed by atoms with Crippen LogP contribution in [0.2, 0.25) is 0 Å². The minimum Gasteiger partial charge on any atom is -0.496 e. The Balaban J connectivity index is 1.55. The Morgan fingerprint density at radius 1 is 1.25 bits per heavy atom. The van der Waals surface area contributed by atoms with Crippen LogP contribution in [0.1, 0.15) is 32.1 Å². The van der Waals surface area contributed by atoms with Crippen LogP contribution in [-0.2, 0) is 19.1 Å². The lowest BCUT2D eigenvalue weighted by Crippen LogP contribution is -2.40. The van der Waals surface area contributed by atoms with Crippen molar-refractivity contribution >= 4 is 29.0 Å². The first-order valence-corrected chi connectivity index (χ1v) is 9.21. The Kier molecular flexibility index (Phi) is 5.91. The normalized spacial score (nSPS) is 23.6. The Bertz CT molecular complexity index is 791. The number of Topliss-reactive ketones (excluding diaryl/α,β-unsaturated/α-hetero) is 1. The second kappa shape index (κ2) is 8.37. The molecule has 3 rings (SSSR count). The number of rotatable bonds is 6. The zero-order valence-corrected chi connectivity index (χ0v) is 15.5. The van der Waals surface area contributed by atoms with E-state index in [1.54, 1.807) is 0 Å². The standard InChI is InChI=1S/C19H22N2O7/c1-27-14-5-6-15(16(9-14)21(25)26)20-17(22)10-28-19(24)13-7-11-3-2-4-12(8-13)18(11)23/h5-6,9,11-13H,2-4,7-8,10H2,1H3,(H,20,22)/t11-,12+,13?. The number of anilines is 1. The van der Waals surface area contributed by atoms with Gasteiger partial charge in [0, 0.05) is 11.8 Å². The lowest BCUT2D eigenvalue weighted by atomic mass is 9.67. The second-order valence-corrected chi connectivity index (χ2v) is 7.19. The first-order chi connectivity index (χ1) is 13.4. The van der Waals surface area contributed by atoms with E-state index in [4.69, 9.17) is 9.47 Å². The molecule has 28 heavy (non-hydrogen) atoms. The number of amides is 1. The summed E-state index contributed by atoms with van der Waals surface area (Å²) in [5.74, 6) is -1.18. The van der Waals surface area contributed by atoms with Crippen LogP contribution < -0.4 is 10.1 Å².